The van der Waals surface area contributed by atoms with E-state index in [0.29, 0.717) is 18.9 Å². The van der Waals surface area contributed by atoms with Crippen LogP contribution in [0.1, 0.15) is 47.7 Å². The molecule has 0 amide bonds. The second kappa shape index (κ2) is 7.99. The molecule has 0 bridgehead atoms. The van der Waals surface area contributed by atoms with Gasteiger partial charge < -0.3 is 9.51 Å². The zero-order valence-electron chi connectivity index (χ0n) is 17.1. The lowest BCUT2D eigenvalue weighted by Gasteiger charge is -2.27. The third kappa shape index (κ3) is 3.61. The van der Waals surface area contributed by atoms with E-state index in [-0.39, 0.29) is 5.56 Å². The molecule has 0 radical (unpaired) electrons. The molecule has 0 aliphatic carbocycles. The van der Waals surface area contributed by atoms with Crippen molar-refractivity contribution >= 4 is 5.71 Å². The van der Waals surface area contributed by atoms with Crippen LogP contribution in [-0.4, -0.2) is 38.8 Å². The van der Waals surface area contributed by atoms with Crippen LogP contribution >= 0.6 is 0 Å². The standard InChI is InChI=1S/C23H25N5O2/c1-15-17(21(27-30-15)16-7-3-2-4-8-16)13-28-12-10-19-18(14-28)23(29)26-22(25-19)20-9-5-6-11-24-20/h2-4,7-8H,5-6,9-14H2,1H3,(H,25,26,29). The molecule has 2 aliphatic heterocycles. The predicted molar refractivity (Wildman–Crippen MR) is 115 cm³/mol. The van der Waals surface area contributed by atoms with Gasteiger partial charge in [-0.25, -0.2) is 4.98 Å². The van der Waals surface area contributed by atoms with Crippen molar-refractivity contribution in [2.45, 2.75) is 45.7 Å². The van der Waals surface area contributed by atoms with Gasteiger partial charge in [-0.15, -0.1) is 0 Å². The normalized spacial score (nSPS) is 16.9. The number of benzene rings is 1. The molecular formula is C23H25N5O2. The Morgan fingerprint density at radius 2 is 2.03 bits per heavy atom. The van der Waals surface area contributed by atoms with Gasteiger partial charge in [0, 0.05) is 43.7 Å². The number of aliphatic imine (C=N–C) groups is 1. The number of aryl methyl sites for hydroxylation is 1. The highest BCUT2D eigenvalue weighted by Crippen LogP contribution is 2.27. The lowest BCUT2D eigenvalue weighted by atomic mass is 10.0. The SMILES string of the molecule is Cc1onc(-c2ccccc2)c1CN1CCc2nc(C3=NCCCC3)[nH]c(=O)c2C1. The highest BCUT2D eigenvalue weighted by atomic mass is 16.5. The Morgan fingerprint density at radius 3 is 2.83 bits per heavy atom. The molecule has 1 N–H and O–H groups in total. The average molecular weight is 403 g/mol. The first-order chi connectivity index (χ1) is 14.7. The Bertz CT molecular complexity index is 1150. The first-order valence-electron chi connectivity index (χ1n) is 10.6. The number of H-pyrrole nitrogens is 1. The van der Waals surface area contributed by atoms with E-state index in [4.69, 9.17) is 9.51 Å². The molecule has 2 aliphatic rings. The van der Waals surface area contributed by atoms with E-state index in [9.17, 15) is 4.79 Å². The lowest BCUT2D eigenvalue weighted by molar-refractivity contribution is 0.240. The molecule has 7 nitrogen and oxygen atoms in total. The van der Waals surface area contributed by atoms with Gasteiger partial charge in [0.15, 0.2) is 5.82 Å². The Morgan fingerprint density at radius 1 is 1.17 bits per heavy atom. The van der Waals surface area contributed by atoms with E-state index in [0.717, 1.165) is 78.3 Å². The molecule has 0 unspecified atom stereocenters. The summed E-state index contributed by atoms with van der Waals surface area (Å²) < 4.78 is 5.50. The van der Waals surface area contributed by atoms with Gasteiger partial charge in [0.25, 0.3) is 5.56 Å². The molecule has 2 aromatic heterocycles. The summed E-state index contributed by atoms with van der Waals surface area (Å²) in [7, 11) is 0. The number of nitrogens with zero attached hydrogens (tertiary/aromatic N) is 4. The van der Waals surface area contributed by atoms with E-state index in [1.165, 1.54) is 0 Å². The minimum absolute atomic E-state index is 0.0432. The van der Waals surface area contributed by atoms with E-state index in [1.54, 1.807) is 0 Å². The fourth-order valence-corrected chi connectivity index (χ4v) is 4.27. The molecule has 7 heteroatoms. The van der Waals surface area contributed by atoms with Crippen molar-refractivity contribution in [3.8, 4) is 11.3 Å². The molecule has 4 heterocycles. The van der Waals surface area contributed by atoms with Crippen LogP contribution in [0.2, 0.25) is 0 Å². The van der Waals surface area contributed by atoms with Gasteiger partial charge in [0.05, 0.1) is 17.0 Å². The minimum Gasteiger partial charge on any atom is -0.361 e. The van der Waals surface area contributed by atoms with Crippen molar-refractivity contribution in [1.29, 1.82) is 0 Å². The van der Waals surface area contributed by atoms with Crippen molar-refractivity contribution in [3.05, 3.63) is 69.1 Å². The van der Waals surface area contributed by atoms with Gasteiger partial charge in [0.2, 0.25) is 0 Å². The van der Waals surface area contributed by atoms with Crippen molar-refractivity contribution in [3.63, 3.8) is 0 Å². The summed E-state index contributed by atoms with van der Waals surface area (Å²) in [5, 5.41) is 4.28. The lowest BCUT2D eigenvalue weighted by Crippen LogP contribution is -2.36. The van der Waals surface area contributed by atoms with E-state index in [1.807, 2.05) is 37.3 Å². The summed E-state index contributed by atoms with van der Waals surface area (Å²) in [6, 6.07) is 10.1. The number of aromatic amines is 1. The monoisotopic (exact) mass is 403 g/mol. The van der Waals surface area contributed by atoms with Crippen LogP contribution in [0, 0.1) is 6.92 Å². The first-order valence-corrected chi connectivity index (χ1v) is 10.6. The Kier molecular flexibility index (Phi) is 5.04. The Hall–Kier alpha value is -3.06. The van der Waals surface area contributed by atoms with Gasteiger partial charge in [-0.1, -0.05) is 35.5 Å². The maximum Gasteiger partial charge on any atom is 0.255 e. The van der Waals surface area contributed by atoms with Crippen molar-refractivity contribution in [2.24, 2.45) is 4.99 Å². The van der Waals surface area contributed by atoms with Gasteiger partial charge in [0.1, 0.15) is 11.5 Å². The van der Waals surface area contributed by atoms with Crippen molar-refractivity contribution in [2.75, 3.05) is 13.1 Å². The van der Waals surface area contributed by atoms with E-state index >= 15 is 0 Å². The number of hydrogen-bond donors (Lipinski definition) is 1. The second-order valence-corrected chi connectivity index (χ2v) is 8.02. The van der Waals surface area contributed by atoms with Gasteiger partial charge in [-0.3, -0.25) is 14.7 Å². The highest BCUT2D eigenvalue weighted by Gasteiger charge is 2.25. The first kappa shape index (κ1) is 18.9. The zero-order valence-corrected chi connectivity index (χ0v) is 17.1. The van der Waals surface area contributed by atoms with Crippen LogP contribution in [0.4, 0.5) is 0 Å². The minimum atomic E-state index is -0.0432. The number of aromatic nitrogens is 3. The summed E-state index contributed by atoms with van der Waals surface area (Å²) in [6.45, 7) is 4.87. The largest absolute Gasteiger partial charge is 0.361 e. The van der Waals surface area contributed by atoms with Crippen molar-refractivity contribution < 1.29 is 4.52 Å². The van der Waals surface area contributed by atoms with Gasteiger partial charge in [-0.2, -0.15) is 0 Å². The van der Waals surface area contributed by atoms with Crippen LogP contribution in [0.5, 0.6) is 0 Å². The van der Waals surface area contributed by atoms with E-state index < -0.39 is 0 Å². The van der Waals surface area contributed by atoms with Crippen LogP contribution in [0.3, 0.4) is 0 Å². The molecule has 1 aromatic carbocycles. The third-order valence-electron chi connectivity index (χ3n) is 5.96. The summed E-state index contributed by atoms with van der Waals surface area (Å²) in [6.07, 6.45) is 3.86. The smallest absolute Gasteiger partial charge is 0.255 e. The summed E-state index contributed by atoms with van der Waals surface area (Å²) in [4.78, 5) is 27.4. The number of fused-ring (bicyclic) bond motifs is 1. The quantitative estimate of drug-likeness (QED) is 0.722. The predicted octanol–water partition coefficient (Wildman–Crippen LogP) is 3.26. The topological polar surface area (TPSA) is 87.4 Å². The van der Waals surface area contributed by atoms with Crippen LogP contribution < -0.4 is 5.56 Å². The highest BCUT2D eigenvalue weighted by molar-refractivity contribution is 5.97. The molecule has 30 heavy (non-hydrogen) atoms. The molecule has 0 fully saturated rings. The molecule has 0 saturated carbocycles. The third-order valence-corrected chi connectivity index (χ3v) is 5.96. The zero-order chi connectivity index (χ0) is 20.5. The molecule has 3 aromatic rings. The Balaban J connectivity index is 1.39. The summed E-state index contributed by atoms with van der Waals surface area (Å²) in [5.41, 5.74) is 5.55. The van der Waals surface area contributed by atoms with Gasteiger partial charge >= 0.3 is 0 Å². The van der Waals surface area contributed by atoms with Crippen LogP contribution in [-0.2, 0) is 19.5 Å². The molecule has 154 valence electrons. The summed E-state index contributed by atoms with van der Waals surface area (Å²) >= 11 is 0. The maximum absolute atomic E-state index is 12.8. The average Bonchev–Trinajstić information content (AvgIpc) is 3.15. The number of hydrogen-bond acceptors (Lipinski definition) is 6. The van der Waals surface area contributed by atoms with Crippen molar-refractivity contribution in [1.82, 2.24) is 20.0 Å². The second-order valence-electron chi connectivity index (χ2n) is 8.02. The molecule has 0 spiro atoms. The number of rotatable bonds is 4. The fraction of sp³-hybridized carbons (Fsp3) is 0.391. The Labute approximate surface area is 174 Å². The molecule has 5 rings (SSSR count). The van der Waals surface area contributed by atoms with Crippen LogP contribution in [0.25, 0.3) is 11.3 Å². The maximum atomic E-state index is 12.8. The molecule has 0 atom stereocenters. The van der Waals surface area contributed by atoms with Crippen LogP contribution in [0.15, 0.2) is 44.6 Å². The molecule has 0 saturated heterocycles. The fourth-order valence-electron chi connectivity index (χ4n) is 4.27. The molecular weight excluding hydrogens is 378 g/mol. The number of nitrogens with one attached hydrogen (secondary N) is 1. The van der Waals surface area contributed by atoms with E-state index in [2.05, 4.69) is 20.0 Å². The van der Waals surface area contributed by atoms with Gasteiger partial charge in [-0.05, 0) is 26.2 Å². The summed E-state index contributed by atoms with van der Waals surface area (Å²) in [5.74, 6) is 1.48.